The molecule has 0 fully saturated rings. The lowest BCUT2D eigenvalue weighted by Crippen LogP contribution is -2.20. The molecule has 4 aromatic rings. The van der Waals surface area contributed by atoms with Gasteiger partial charge in [0, 0.05) is 10.9 Å². The molecule has 1 amide bonds. The van der Waals surface area contributed by atoms with Crippen molar-refractivity contribution >= 4 is 34.5 Å². The minimum absolute atomic E-state index is 0.210. The van der Waals surface area contributed by atoms with Gasteiger partial charge < -0.3 is 4.42 Å². The van der Waals surface area contributed by atoms with Crippen molar-refractivity contribution in [1.82, 2.24) is 10.4 Å². The lowest BCUT2D eigenvalue weighted by Gasteiger charge is -2.13. The summed E-state index contributed by atoms with van der Waals surface area (Å²) in [5.41, 5.74) is 4.28. The maximum Gasteiger partial charge on any atom is 0.290 e. The van der Waals surface area contributed by atoms with Gasteiger partial charge >= 0.3 is 0 Å². The number of amides is 1. The average Bonchev–Trinajstić information content (AvgIpc) is 3.22. The fraction of sp³-hybridized carbons (Fsp3) is 0. The van der Waals surface area contributed by atoms with E-state index in [-0.39, 0.29) is 10.8 Å². The minimum atomic E-state index is -0.454. The number of hydrazone groups is 1. The van der Waals surface area contributed by atoms with Crippen LogP contribution in [0.5, 0.6) is 0 Å². The Bertz CT molecular complexity index is 1120. The molecule has 4 rings (SSSR count). The molecule has 5 nitrogen and oxygen atoms in total. The van der Waals surface area contributed by atoms with E-state index in [0.717, 1.165) is 16.3 Å². The number of rotatable bonds is 4. The molecule has 2 aromatic heterocycles. The Morgan fingerprint density at radius 1 is 1.00 bits per heavy atom. The van der Waals surface area contributed by atoms with E-state index in [9.17, 15) is 4.79 Å². The molecule has 0 aliphatic heterocycles. The lowest BCUT2D eigenvalue weighted by atomic mass is 9.97. The van der Waals surface area contributed by atoms with Gasteiger partial charge in [-0.05, 0) is 23.1 Å². The van der Waals surface area contributed by atoms with Crippen LogP contribution in [-0.4, -0.2) is 17.1 Å². The molecule has 2 heterocycles. The summed E-state index contributed by atoms with van der Waals surface area (Å²) in [6.07, 6.45) is 2.95. The second-order valence-corrected chi connectivity index (χ2v) is 6.11. The molecule has 0 bridgehead atoms. The molecular weight excluding hydrogens is 362 g/mol. The zero-order valence-electron chi connectivity index (χ0n) is 14.1. The summed E-state index contributed by atoms with van der Waals surface area (Å²) in [4.78, 5) is 17.1. The van der Waals surface area contributed by atoms with E-state index in [1.54, 1.807) is 12.1 Å². The Balaban J connectivity index is 1.80. The highest BCUT2D eigenvalue weighted by Crippen LogP contribution is 2.34. The highest BCUT2D eigenvalue weighted by molar-refractivity contribution is 6.35. The smallest absolute Gasteiger partial charge is 0.290 e. The van der Waals surface area contributed by atoms with E-state index in [1.165, 1.54) is 12.5 Å². The summed E-state index contributed by atoms with van der Waals surface area (Å²) in [6, 6.07) is 20.7. The van der Waals surface area contributed by atoms with Crippen LogP contribution in [0.2, 0.25) is 5.15 Å². The predicted octanol–water partition coefficient (Wildman–Crippen LogP) is 4.91. The molecule has 0 saturated carbocycles. The SMILES string of the molecule is O=C(N/N=C/c1ccco1)c1nc(Cl)c2ccccc2c1-c1ccccc1. The minimum Gasteiger partial charge on any atom is -0.463 e. The normalized spacial score (nSPS) is 11.1. The van der Waals surface area contributed by atoms with Gasteiger partial charge in [-0.2, -0.15) is 5.10 Å². The summed E-state index contributed by atoms with van der Waals surface area (Å²) in [6.45, 7) is 0. The fourth-order valence-electron chi connectivity index (χ4n) is 2.86. The van der Waals surface area contributed by atoms with Crippen LogP contribution in [0.1, 0.15) is 16.2 Å². The lowest BCUT2D eigenvalue weighted by molar-refractivity contribution is 0.0951. The zero-order valence-corrected chi connectivity index (χ0v) is 14.9. The summed E-state index contributed by atoms with van der Waals surface area (Å²) < 4.78 is 5.15. The molecule has 0 saturated heterocycles. The van der Waals surface area contributed by atoms with Gasteiger partial charge in [0.15, 0.2) is 0 Å². The molecular formula is C21H14ClN3O2. The molecule has 0 atom stereocenters. The molecule has 6 heteroatoms. The van der Waals surface area contributed by atoms with Crippen molar-refractivity contribution in [3.8, 4) is 11.1 Å². The molecule has 27 heavy (non-hydrogen) atoms. The molecule has 0 aliphatic rings. The molecule has 1 N–H and O–H groups in total. The average molecular weight is 376 g/mol. The van der Waals surface area contributed by atoms with Crippen molar-refractivity contribution in [1.29, 1.82) is 0 Å². The number of halogens is 1. The summed E-state index contributed by atoms with van der Waals surface area (Å²) in [7, 11) is 0. The summed E-state index contributed by atoms with van der Waals surface area (Å²) in [5, 5.41) is 5.84. The summed E-state index contributed by atoms with van der Waals surface area (Å²) >= 11 is 6.34. The third kappa shape index (κ3) is 3.45. The number of aromatic nitrogens is 1. The number of carbonyl (C=O) groups excluding carboxylic acids is 1. The van der Waals surface area contributed by atoms with Crippen LogP contribution in [0, 0.1) is 0 Å². The van der Waals surface area contributed by atoms with Crippen LogP contribution in [0.25, 0.3) is 21.9 Å². The zero-order chi connectivity index (χ0) is 18.6. The Labute approximate surface area is 160 Å². The topological polar surface area (TPSA) is 67.5 Å². The predicted molar refractivity (Wildman–Crippen MR) is 106 cm³/mol. The van der Waals surface area contributed by atoms with Crippen molar-refractivity contribution in [2.45, 2.75) is 0 Å². The molecule has 2 aromatic carbocycles. The Morgan fingerprint density at radius 3 is 2.48 bits per heavy atom. The number of nitrogens with zero attached hydrogens (tertiary/aromatic N) is 2. The highest BCUT2D eigenvalue weighted by Gasteiger charge is 2.19. The third-order valence-electron chi connectivity index (χ3n) is 4.04. The molecule has 132 valence electrons. The second-order valence-electron chi connectivity index (χ2n) is 5.75. The first-order chi connectivity index (χ1) is 13.2. The highest BCUT2D eigenvalue weighted by atomic mass is 35.5. The third-order valence-corrected chi connectivity index (χ3v) is 4.33. The van der Waals surface area contributed by atoms with E-state index in [2.05, 4.69) is 15.5 Å². The van der Waals surface area contributed by atoms with Crippen LogP contribution in [-0.2, 0) is 0 Å². The molecule has 0 unspecified atom stereocenters. The van der Waals surface area contributed by atoms with Crippen LogP contribution in [0.15, 0.2) is 82.5 Å². The summed E-state index contributed by atoms with van der Waals surface area (Å²) in [5.74, 6) is 0.0763. The first kappa shape index (κ1) is 17.0. The van der Waals surface area contributed by atoms with Gasteiger partial charge in [0.2, 0.25) is 0 Å². The molecule has 0 radical (unpaired) electrons. The number of benzene rings is 2. The van der Waals surface area contributed by atoms with E-state index in [4.69, 9.17) is 16.0 Å². The van der Waals surface area contributed by atoms with Gasteiger partial charge in [-0.15, -0.1) is 0 Å². The van der Waals surface area contributed by atoms with Gasteiger partial charge in [0.05, 0.1) is 12.5 Å². The van der Waals surface area contributed by atoms with Gasteiger partial charge in [0.1, 0.15) is 16.6 Å². The largest absolute Gasteiger partial charge is 0.463 e. The maximum atomic E-state index is 12.8. The first-order valence-corrected chi connectivity index (χ1v) is 8.62. The van der Waals surface area contributed by atoms with Gasteiger partial charge in [-0.1, -0.05) is 66.2 Å². The van der Waals surface area contributed by atoms with Gasteiger partial charge in [-0.25, -0.2) is 10.4 Å². The number of carbonyl (C=O) groups is 1. The van der Waals surface area contributed by atoms with E-state index < -0.39 is 5.91 Å². The van der Waals surface area contributed by atoms with Crippen molar-refractivity contribution in [3.05, 3.63) is 89.6 Å². The Morgan fingerprint density at radius 2 is 1.74 bits per heavy atom. The standard InChI is InChI=1S/C21H14ClN3O2/c22-20-17-11-5-4-10-16(17)18(14-7-2-1-3-8-14)19(24-20)21(26)25-23-13-15-9-6-12-27-15/h1-13H,(H,25,26)/b23-13+. The van der Waals surface area contributed by atoms with Gasteiger partial charge in [0.25, 0.3) is 5.91 Å². The number of fused-ring (bicyclic) bond motifs is 1. The number of nitrogens with one attached hydrogen (secondary N) is 1. The number of hydrogen-bond donors (Lipinski definition) is 1. The quantitative estimate of drug-likeness (QED) is 0.313. The van der Waals surface area contributed by atoms with Crippen LogP contribution < -0.4 is 5.43 Å². The van der Waals surface area contributed by atoms with Gasteiger partial charge in [-0.3, -0.25) is 4.79 Å². The van der Waals surface area contributed by atoms with Crippen LogP contribution in [0.3, 0.4) is 0 Å². The monoisotopic (exact) mass is 375 g/mol. The van der Waals surface area contributed by atoms with Crippen molar-refractivity contribution < 1.29 is 9.21 Å². The van der Waals surface area contributed by atoms with Crippen molar-refractivity contribution in [2.24, 2.45) is 5.10 Å². The van der Waals surface area contributed by atoms with Crippen LogP contribution >= 0.6 is 11.6 Å². The Kier molecular flexibility index (Phi) is 4.68. The van der Waals surface area contributed by atoms with Crippen LogP contribution in [0.4, 0.5) is 0 Å². The van der Waals surface area contributed by atoms with E-state index in [0.29, 0.717) is 11.3 Å². The van der Waals surface area contributed by atoms with Crippen molar-refractivity contribution in [2.75, 3.05) is 0 Å². The second kappa shape index (κ2) is 7.43. The Hall–Kier alpha value is -3.44. The number of pyridine rings is 1. The first-order valence-electron chi connectivity index (χ1n) is 8.24. The van der Waals surface area contributed by atoms with E-state index >= 15 is 0 Å². The number of furan rings is 1. The molecule has 0 spiro atoms. The fourth-order valence-corrected chi connectivity index (χ4v) is 3.11. The number of hydrogen-bond acceptors (Lipinski definition) is 4. The van der Waals surface area contributed by atoms with E-state index in [1.807, 2.05) is 54.6 Å². The van der Waals surface area contributed by atoms with Crippen molar-refractivity contribution in [3.63, 3.8) is 0 Å². The molecule has 0 aliphatic carbocycles. The maximum absolute atomic E-state index is 12.8.